The average molecular weight is 478 g/mol. The Morgan fingerprint density at radius 1 is 1.33 bits per heavy atom. The summed E-state index contributed by atoms with van der Waals surface area (Å²) in [7, 11) is 0. The normalized spacial score (nSPS) is 12.3. The number of fused-ring (bicyclic) bond motifs is 1. The lowest BCUT2D eigenvalue weighted by Crippen LogP contribution is -2.31. The van der Waals surface area contributed by atoms with E-state index in [4.69, 9.17) is 22.4 Å². The van der Waals surface area contributed by atoms with E-state index in [1.807, 2.05) is 0 Å². The van der Waals surface area contributed by atoms with Crippen LogP contribution in [0.15, 0.2) is 49.1 Å². The van der Waals surface area contributed by atoms with Crippen LogP contribution < -0.4 is 15.8 Å². The van der Waals surface area contributed by atoms with Gasteiger partial charge < -0.3 is 20.9 Å². The molecule has 0 aliphatic heterocycles. The van der Waals surface area contributed by atoms with E-state index in [9.17, 15) is 13.6 Å². The van der Waals surface area contributed by atoms with Crippen LogP contribution in [0.3, 0.4) is 0 Å². The van der Waals surface area contributed by atoms with Gasteiger partial charge in [-0.1, -0.05) is 11.6 Å². The van der Waals surface area contributed by atoms with Gasteiger partial charge in [-0.05, 0) is 30.7 Å². The van der Waals surface area contributed by atoms with Crippen LogP contribution in [-0.2, 0) is 11.3 Å². The monoisotopic (exact) mass is 477 g/mol. The molecule has 0 saturated carbocycles. The summed E-state index contributed by atoms with van der Waals surface area (Å²) in [5.74, 6) is -1.26. The molecule has 0 bridgehead atoms. The molecule has 0 aliphatic rings. The fraction of sp³-hybridized carbons (Fsp3) is 0.200. The molecule has 0 spiro atoms. The Bertz CT molecular complexity index is 1290. The summed E-state index contributed by atoms with van der Waals surface area (Å²) < 4.78 is 33.7. The van der Waals surface area contributed by atoms with E-state index in [2.05, 4.69) is 25.2 Å². The van der Waals surface area contributed by atoms with E-state index in [0.29, 0.717) is 17.0 Å². The molecule has 4 N–H and O–H groups in total. The van der Waals surface area contributed by atoms with E-state index in [1.54, 1.807) is 35.4 Å². The van der Waals surface area contributed by atoms with Crippen molar-refractivity contribution in [1.82, 2.24) is 24.4 Å². The van der Waals surface area contributed by atoms with E-state index in [0.717, 1.165) is 0 Å². The number of aromatic nitrogens is 5. The van der Waals surface area contributed by atoms with Crippen molar-refractivity contribution in [3.63, 3.8) is 0 Å². The number of carboxylic acids is 1. The smallest absolute Gasteiger partial charge is 0.387 e. The number of nitrogens with two attached hydrogens (primary N) is 1. The van der Waals surface area contributed by atoms with E-state index < -0.39 is 18.6 Å². The summed E-state index contributed by atoms with van der Waals surface area (Å²) in [6, 6.07) is 4.84. The number of hydrogen-bond acceptors (Lipinski definition) is 7. The molecule has 0 radical (unpaired) electrons. The van der Waals surface area contributed by atoms with Gasteiger partial charge in [0.25, 0.3) is 0 Å². The van der Waals surface area contributed by atoms with Crippen molar-refractivity contribution in [1.29, 1.82) is 0 Å². The lowest BCUT2D eigenvalue weighted by Gasteiger charge is -2.11. The number of aliphatic carboxylic acids is 1. The number of alkyl halides is 2. The second-order valence-electron chi connectivity index (χ2n) is 6.98. The van der Waals surface area contributed by atoms with Crippen LogP contribution >= 0.6 is 11.6 Å². The standard InChI is InChI=1S/C20H18ClF2N7O3/c21-11-2-3-16(33-20(22)23)12(8-11)17-15(10-29(28-17)7-4-13(24)19(31)32)27-14-9-26-30-6-1-5-25-18(14)30/h1-3,5-6,8-10,13,20,27H,4,7,24H2,(H,31,32)/t13-/m0/s1. The summed E-state index contributed by atoms with van der Waals surface area (Å²) in [6.07, 6.45) is 6.58. The fourth-order valence-corrected chi connectivity index (χ4v) is 3.34. The van der Waals surface area contributed by atoms with Gasteiger partial charge in [-0.2, -0.15) is 19.0 Å². The van der Waals surface area contributed by atoms with Crippen molar-refractivity contribution < 1.29 is 23.4 Å². The number of rotatable bonds is 9. The number of aryl methyl sites for hydroxylation is 1. The Labute approximate surface area is 190 Å². The Balaban J connectivity index is 1.76. The number of carboxylic acid groups (broad SMARTS) is 1. The van der Waals surface area contributed by atoms with Gasteiger partial charge in [0.05, 0.1) is 11.9 Å². The van der Waals surface area contributed by atoms with Gasteiger partial charge in [0, 0.05) is 35.7 Å². The zero-order valence-electron chi connectivity index (χ0n) is 16.9. The van der Waals surface area contributed by atoms with Crippen molar-refractivity contribution in [3.05, 3.63) is 54.1 Å². The molecule has 1 aromatic carbocycles. The maximum atomic E-state index is 13.0. The number of benzene rings is 1. The van der Waals surface area contributed by atoms with Crippen molar-refractivity contribution in [2.45, 2.75) is 25.6 Å². The van der Waals surface area contributed by atoms with Gasteiger partial charge in [0.2, 0.25) is 0 Å². The third-order valence-electron chi connectivity index (χ3n) is 4.71. The van der Waals surface area contributed by atoms with E-state index >= 15 is 0 Å². The van der Waals surface area contributed by atoms with Crippen molar-refractivity contribution in [3.8, 4) is 17.0 Å². The molecule has 4 aromatic rings. The van der Waals surface area contributed by atoms with Gasteiger partial charge >= 0.3 is 12.6 Å². The minimum Gasteiger partial charge on any atom is -0.480 e. The second-order valence-corrected chi connectivity index (χ2v) is 7.41. The molecule has 1 atom stereocenters. The lowest BCUT2D eigenvalue weighted by molar-refractivity contribution is -0.138. The quantitative estimate of drug-likeness (QED) is 0.334. The molecule has 0 fully saturated rings. The van der Waals surface area contributed by atoms with Gasteiger partial charge in [0.15, 0.2) is 5.65 Å². The SMILES string of the molecule is N[C@@H](CCn1cc(Nc2cnn3cccnc23)c(-c2cc(Cl)ccc2OC(F)F)n1)C(=O)O. The molecule has 3 heterocycles. The van der Waals surface area contributed by atoms with Crippen LogP contribution in [0.1, 0.15) is 6.42 Å². The highest BCUT2D eigenvalue weighted by molar-refractivity contribution is 6.31. The maximum Gasteiger partial charge on any atom is 0.387 e. The molecule has 172 valence electrons. The largest absolute Gasteiger partial charge is 0.480 e. The molecule has 13 heteroatoms. The van der Waals surface area contributed by atoms with Crippen LogP contribution in [0.25, 0.3) is 16.9 Å². The van der Waals surface area contributed by atoms with E-state index in [1.165, 1.54) is 22.9 Å². The highest BCUT2D eigenvalue weighted by atomic mass is 35.5. The van der Waals surface area contributed by atoms with Crippen molar-refractivity contribution in [2.24, 2.45) is 5.73 Å². The van der Waals surface area contributed by atoms with Crippen LogP contribution in [-0.4, -0.2) is 48.1 Å². The number of ether oxygens (including phenoxy) is 1. The number of hydrogen-bond donors (Lipinski definition) is 3. The van der Waals surface area contributed by atoms with Crippen LogP contribution in [0.5, 0.6) is 5.75 Å². The highest BCUT2D eigenvalue weighted by Crippen LogP contribution is 2.38. The first-order valence-electron chi connectivity index (χ1n) is 9.68. The number of nitrogens with one attached hydrogen (secondary N) is 1. The molecule has 0 amide bonds. The second kappa shape index (κ2) is 9.38. The maximum absolute atomic E-state index is 13.0. The molecular weight excluding hydrogens is 460 g/mol. The van der Waals surface area contributed by atoms with Crippen LogP contribution in [0.4, 0.5) is 20.2 Å². The number of anilines is 2. The summed E-state index contributed by atoms with van der Waals surface area (Å²) in [5, 5.41) is 21.2. The average Bonchev–Trinajstić information content (AvgIpc) is 3.37. The molecular formula is C20H18ClF2N7O3. The van der Waals surface area contributed by atoms with Crippen molar-refractivity contribution >= 4 is 34.6 Å². The minimum absolute atomic E-state index is 0.101. The highest BCUT2D eigenvalue weighted by Gasteiger charge is 2.21. The number of halogens is 3. The molecule has 33 heavy (non-hydrogen) atoms. The Kier molecular flexibility index (Phi) is 6.38. The molecule has 0 unspecified atom stereocenters. The van der Waals surface area contributed by atoms with E-state index in [-0.39, 0.29) is 35.0 Å². The van der Waals surface area contributed by atoms with Gasteiger partial charge in [0.1, 0.15) is 23.2 Å². The molecule has 10 nitrogen and oxygen atoms in total. The van der Waals surface area contributed by atoms with Crippen LogP contribution in [0, 0.1) is 0 Å². The fourth-order valence-electron chi connectivity index (χ4n) is 3.17. The number of nitrogens with zero attached hydrogens (tertiary/aromatic N) is 5. The topological polar surface area (TPSA) is 133 Å². The third kappa shape index (κ3) is 5.02. The first kappa shape index (κ1) is 22.4. The van der Waals surface area contributed by atoms with Gasteiger partial charge in [-0.15, -0.1) is 0 Å². The first-order valence-corrected chi connectivity index (χ1v) is 10.1. The number of carbonyl (C=O) groups is 1. The Morgan fingerprint density at radius 3 is 2.91 bits per heavy atom. The van der Waals surface area contributed by atoms with Gasteiger partial charge in [-0.25, -0.2) is 9.50 Å². The summed E-state index contributed by atoms with van der Waals surface area (Å²) in [4.78, 5) is 15.3. The summed E-state index contributed by atoms with van der Waals surface area (Å²) >= 11 is 6.12. The predicted molar refractivity (Wildman–Crippen MR) is 116 cm³/mol. The Morgan fingerprint density at radius 2 is 2.15 bits per heavy atom. The Hall–Kier alpha value is -3.77. The third-order valence-corrected chi connectivity index (χ3v) is 4.94. The molecule has 3 aromatic heterocycles. The lowest BCUT2D eigenvalue weighted by atomic mass is 10.1. The van der Waals surface area contributed by atoms with Crippen LogP contribution in [0.2, 0.25) is 5.02 Å². The molecule has 4 rings (SSSR count). The first-order chi connectivity index (χ1) is 15.8. The summed E-state index contributed by atoms with van der Waals surface area (Å²) in [6.45, 7) is -2.89. The predicted octanol–water partition coefficient (Wildman–Crippen LogP) is 3.39. The zero-order valence-corrected chi connectivity index (χ0v) is 17.7. The van der Waals surface area contributed by atoms with Crippen molar-refractivity contribution in [2.75, 3.05) is 5.32 Å². The minimum atomic E-state index is -3.05. The van der Waals surface area contributed by atoms with Gasteiger partial charge in [-0.3, -0.25) is 9.48 Å². The summed E-state index contributed by atoms with van der Waals surface area (Å²) in [5.41, 5.74) is 7.55. The zero-order chi connectivity index (χ0) is 23.5. The molecule has 0 aliphatic carbocycles. The molecule has 0 saturated heterocycles.